The van der Waals surface area contributed by atoms with Crippen molar-refractivity contribution >= 4 is 0 Å². The summed E-state index contributed by atoms with van der Waals surface area (Å²) >= 11 is 0. The Balaban J connectivity index is 1.48. The molecule has 20 heavy (non-hydrogen) atoms. The molecule has 0 unspecified atom stereocenters. The zero-order valence-electron chi connectivity index (χ0n) is 11.7. The van der Waals surface area contributed by atoms with Crippen molar-refractivity contribution in [2.24, 2.45) is 7.05 Å². The van der Waals surface area contributed by atoms with Crippen LogP contribution in [-0.2, 0) is 13.6 Å². The van der Waals surface area contributed by atoms with Gasteiger partial charge in [-0.25, -0.2) is 0 Å². The lowest BCUT2D eigenvalue weighted by molar-refractivity contribution is 0.212. The highest BCUT2D eigenvalue weighted by molar-refractivity contribution is 5.12. The summed E-state index contributed by atoms with van der Waals surface area (Å²) in [5, 5.41) is 8.37. The van der Waals surface area contributed by atoms with E-state index in [-0.39, 0.29) is 0 Å². The Morgan fingerprint density at radius 3 is 3.00 bits per heavy atom. The highest BCUT2D eigenvalue weighted by Crippen LogP contribution is 2.38. The Morgan fingerprint density at radius 1 is 1.35 bits per heavy atom. The first kappa shape index (κ1) is 12.1. The molecule has 0 bridgehead atoms. The van der Waals surface area contributed by atoms with Crippen LogP contribution in [0.3, 0.4) is 0 Å². The molecule has 6 heteroatoms. The molecule has 0 radical (unpaired) electrons. The first-order valence-electron chi connectivity index (χ1n) is 7.34. The highest BCUT2D eigenvalue weighted by atomic mass is 16.5. The van der Waals surface area contributed by atoms with Gasteiger partial charge >= 0.3 is 0 Å². The van der Waals surface area contributed by atoms with Crippen molar-refractivity contribution in [3.05, 3.63) is 29.7 Å². The maximum atomic E-state index is 5.39. The summed E-state index contributed by atoms with van der Waals surface area (Å²) < 4.78 is 7.26. The van der Waals surface area contributed by atoms with Gasteiger partial charge in [-0.15, -0.1) is 0 Å². The van der Waals surface area contributed by atoms with Gasteiger partial charge in [-0.1, -0.05) is 5.16 Å². The lowest BCUT2D eigenvalue weighted by Crippen LogP contribution is -2.22. The van der Waals surface area contributed by atoms with E-state index in [1.54, 1.807) is 0 Å². The second-order valence-corrected chi connectivity index (χ2v) is 5.90. The zero-order chi connectivity index (χ0) is 13.5. The summed E-state index contributed by atoms with van der Waals surface area (Å²) in [6, 6.07) is 0.431. The molecule has 1 atom stereocenters. The average molecular weight is 273 g/mol. The van der Waals surface area contributed by atoms with E-state index in [9.17, 15) is 0 Å². The molecule has 0 N–H and O–H groups in total. The fourth-order valence-corrected chi connectivity index (χ4v) is 3.02. The Bertz CT molecular complexity index is 600. The van der Waals surface area contributed by atoms with Crippen molar-refractivity contribution < 1.29 is 4.52 Å². The van der Waals surface area contributed by atoms with Crippen LogP contribution in [0.1, 0.15) is 54.9 Å². The summed E-state index contributed by atoms with van der Waals surface area (Å²) in [6.07, 6.45) is 8.87. The maximum Gasteiger partial charge on any atom is 0.240 e. The number of hydrogen-bond donors (Lipinski definition) is 0. The Labute approximate surface area is 117 Å². The minimum Gasteiger partial charge on any atom is -0.338 e. The predicted octanol–water partition coefficient (Wildman–Crippen LogP) is 2.02. The molecular weight excluding hydrogens is 254 g/mol. The van der Waals surface area contributed by atoms with Gasteiger partial charge in [0, 0.05) is 30.8 Å². The third-order valence-corrected chi connectivity index (χ3v) is 4.24. The van der Waals surface area contributed by atoms with Crippen molar-refractivity contribution in [3.63, 3.8) is 0 Å². The molecule has 0 aromatic carbocycles. The van der Waals surface area contributed by atoms with Crippen LogP contribution in [0.5, 0.6) is 0 Å². The highest BCUT2D eigenvalue weighted by Gasteiger charge is 2.31. The fourth-order valence-electron chi connectivity index (χ4n) is 3.02. The number of likely N-dealkylation sites (tertiary alicyclic amines) is 1. The Kier molecular flexibility index (Phi) is 2.84. The molecule has 1 saturated carbocycles. The van der Waals surface area contributed by atoms with Crippen molar-refractivity contribution in [2.45, 2.75) is 44.2 Å². The molecule has 0 spiro atoms. The van der Waals surface area contributed by atoms with Crippen molar-refractivity contribution in [1.82, 2.24) is 24.8 Å². The van der Waals surface area contributed by atoms with E-state index in [1.807, 2.05) is 17.9 Å². The molecule has 6 nitrogen and oxygen atoms in total. The van der Waals surface area contributed by atoms with Gasteiger partial charge in [0.05, 0.1) is 12.7 Å². The Morgan fingerprint density at radius 2 is 2.25 bits per heavy atom. The van der Waals surface area contributed by atoms with Gasteiger partial charge in [0.15, 0.2) is 5.82 Å². The van der Waals surface area contributed by atoms with Gasteiger partial charge in [0.1, 0.15) is 0 Å². The van der Waals surface area contributed by atoms with Crippen molar-refractivity contribution in [3.8, 4) is 0 Å². The summed E-state index contributed by atoms with van der Waals surface area (Å²) in [4.78, 5) is 6.95. The number of hydrogen-bond acceptors (Lipinski definition) is 5. The smallest absolute Gasteiger partial charge is 0.240 e. The maximum absolute atomic E-state index is 5.39. The molecule has 3 heterocycles. The second-order valence-electron chi connectivity index (χ2n) is 5.90. The summed E-state index contributed by atoms with van der Waals surface area (Å²) in [5.74, 6) is 2.21. The zero-order valence-corrected chi connectivity index (χ0v) is 11.7. The SMILES string of the molecule is Cn1cc([C@H]2CCCN2Cc2nc(C3CC3)no2)cn1. The van der Waals surface area contributed by atoms with E-state index in [1.165, 1.54) is 31.2 Å². The average Bonchev–Trinajstić information content (AvgIpc) is 2.86. The number of nitrogens with zero attached hydrogens (tertiary/aromatic N) is 5. The molecule has 4 rings (SSSR count). The third kappa shape index (κ3) is 2.24. The van der Waals surface area contributed by atoms with Gasteiger partial charge in [-0.2, -0.15) is 10.1 Å². The lowest BCUT2D eigenvalue weighted by atomic mass is 10.1. The van der Waals surface area contributed by atoms with Gasteiger partial charge in [0.25, 0.3) is 0 Å². The van der Waals surface area contributed by atoms with Crippen LogP contribution < -0.4 is 0 Å². The van der Waals surface area contributed by atoms with Crippen LogP contribution in [0.15, 0.2) is 16.9 Å². The molecule has 0 amide bonds. The molecule has 1 aliphatic heterocycles. The minimum absolute atomic E-state index is 0.431. The lowest BCUT2D eigenvalue weighted by Gasteiger charge is -2.21. The Hall–Kier alpha value is -1.69. The number of aromatic nitrogens is 4. The molecule has 2 fully saturated rings. The van der Waals surface area contributed by atoms with Gasteiger partial charge in [-0.3, -0.25) is 9.58 Å². The topological polar surface area (TPSA) is 60.0 Å². The van der Waals surface area contributed by atoms with E-state index in [0.29, 0.717) is 12.0 Å². The molecule has 1 aliphatic carbocycles. The number of rotatable bonds is 4. The fraction of sp³-hybridized carbons (Fsp3) is 0.643. The van der Waals surface area contributed by atoms with E-state index in [0.717, 1.165) is 24.8 Å². The van der Waals surface area contributed by atoms with E-state index in [4.69, 9.17) is 4.52 Å². The van der Waals surface area contributed by atoms with E-state index < -0.39 is 0 Å². The minimum atomic E-state index is 0.431. The largest absolute Gasteiger partial charge is 0.338 e. The van der Waals surface area contributed by atoms with Gasteiger partial charge < -0.3 is 4.52 Å². The first-order chi connectivity index (χ1) is 9.79. The van der Waals surface area contributed by atoms with Crippen molar-refractivity contribution in [1.29, 1.82) is 0 Å². The monoisotopic (exact) mass is 273 g/mol. The van der Waals surface area contributed by atoms with Crippen LogP contribution in [-0.4, -0.2) is 31.4 Å². The standard InChI is InChI=1S/C14H19N5O/c1-18-8-11(7-15-18)12-3-2-6-19(12)9-13-16-14(17-20-13)10-4-5-10/h7-8,10,12H,2-6,9H2,1H3/t12-/m1/s1. The van der Waals surface area contributed by atoms with E-state index >= 15 is 0 Å². The normalized spacial score (nSPS) is 23.6. The van der Waals surface area contributed by atoms with Crippen LogP contribution in [0.4, 0.5) is 0 Å². The van der Waals surface area contributed by atoms with Gasteiger partial charge in [-0.05, 0) is 32.2 Å². The quantitative estimate of drug-likeness (QED) is 0.853. The van der Waals surface area contributed by atoms with Crippen molar-refractivity contribution in [2.75, 3.05) is 6.54 Å². The third-order valence-electron chi connectivity index (χ3n) is 4.24. The summed E-state index contributed by atoms with van der Waals surface area (Å²) in [7, 11) is 1.96. The van der Waals surface area contributed by atoms with Crippen LogP contribution in [0, 0.1) is 0 Å². The first-order valence-corrected chi connectivity index (χ1v) is 7.34. The molecule has 2 aliphatic rings. The van der Waals surface area contributed by atoms with Crippen LogP contribution in [0.2, 0.25) is 0 Å². The summed E-state index contributed by atoms with van der Waals surface area (Å²) in [6.45, 7) is 1.83. The second kappa shape index (κ2) is 4.70. The van der Waals surface area contributed by atoms with Gasteiger partial charge in [0.2, 0.25) is 5.89 Å². The molecule has 2 aromatic rings. The molecule has 1 saturated heterocycles. The molecular formula is C14H19N5O. The summed E-state index contributed by atoms with van der Waals surface area (Å²) in [5.41, 5.74) is 1.28. The van der Waals surface area contributed by atoms with Crippen LogP contribution in [0.25, 0.3) is 0 Å². The number of aryl methyl sites for hydroxylation is 1. The van der Waals surface area contributed by atoms with E-state index in [2.05, 4.69) is 26.3 Å². The molecule has 106 valence electrons. The van der Waals surface area contributed by atoms with Crippen LogP contribution >= 0.6 is 0 Å². The predicted molar refractivity (Wildman–Crippen MR) is 71.9 cm³/mol. The molecule has 2 aromatic heterocycles.